The van der Waals surface area contributed by atoms with Crippen molar-refractivity contribution in [2.45, 2.75) is 70.6 Å². The van der Waals surface area contributed by atoms with Gasteiger partial charge < -0.3 is 20.5 Å². The smallest absolute Gasteiger partial charge is 0.407 e. The van der Waals surface area contributed by atoms with E-state index in [0.29, 0.717) is 5.92 Å². The predicted octanol–water partition coefficient (Wildman–Crippen LogP) is 1.28. The zero-order valence-electron chi connectivity index (χ0n) is 15.2. The number of methoxy groups -OCH3 is 1. The average molecular weight is 380 g/mol. The minimum Gasteiger partial charge on any atom is -0.480 e. The van der Waals surface area contributed by atoms with E-state index in [9.17, 15) is 19.5 Å². The number of alkyl carbamates (subject to hydrolysis) is 1. The van der Waals surface area contributed by atoms with E-state index in [1.54, 1.807) is 0 Å². The maximum Gasteiger partial charge on any atom is 0.407 e. The van der Waals surface area contributed by atoms with Crippen LogP contribution in [0.25, 0.3) is 0 Å². The number of nitrogens with one attached hydrogen (secondary N) is 3. The molecule has 8 nitrogen and oxygen atoms in total. The van der Waals surface area contributed by atoms with E-state index in [-0.39, 0.29) is 36.8 Å². The third-order valence-electron chi connectivity index (χ3n) is 4.67. The van der Waals surface area contributed by atoms with Crippen molar-refractivity contribution in [3.63, 3.8) is 0 Å². The number of carbonyl (C=O) groups excluding carboxylic acids is 2. The highest BCUT2D eigenvalue weighted by Gasteiger charge is 2.42. The van der Waals surface area contributed by atoms with Crippen LogP contribution < -0.4 is 16.0 Å². The maximum atomic E-state index is 11.6. The number of carbonyl (C=O) groups is 3. The number of halogens is 1. The van der Waals surface area contributed by atoms with Crippen LogP contribution in [0.4, 0.5) is 4.79 Å². The van der Waals surface area contributed by atoms with E-state index in [4.69, 9.17) is 0 Å². The molecule has 0 spiro atoms. The monoisotopic (exact) mass is 379 g/mol. The lowest BCUT2D eigenvalue weighted by Crippen LogP contribution is -2.56. The summed E-state index contributed by atoms with van der Waals surface area (Å²) in [6, 6.07) is -1.83. The van der Waals surface area contributed by atoms with Gasteiger partial charge in [0.2, 0.25) is 5.91 Å². The summed E-state index contributed by atoms with van der Waals surface area (Å²) in [6.45, 7) is 5.61. The van der Waals surface area contributed by atoms with Gasteiger partial charge in [-0.15, -0.1) is 12.4 Å². The molecule has 0 aromatic heterocycles. The van der Waals surface area contributed by atoms with Crippen molar-refractivity contribution in [1.82, 2.24) is 16.0 Å². The summed E-state index contributed by atoms with van der Waals surface area (Å²) in [5.74, 6) is -0.743. The molecule has 0 radical (unpaired) electrons. The van der Waals surface area contributed by atoms with Gasteiger partial charge >= 0.3 is 12.1 Å². The summed E-state index contributed by atoms with van der Waals surface area (Å²) < 4.78 is 4.63. The molecule has 0 aromatic carbocycles. The highest BCUT2D eigenvalue weighted by molar-refractivity contribution is 5.85. The number of ether oxygens (including phenoxy) is 1. The topological polar surface area (TPSA) is 117 Å². The normalized spacial score (nSPS) is 23.5. The Morgan fingerprint density at radius 2 is 1.88 bits per heavy atom. The Kier molecular flexibility index (Phi) is 10.5. The van der Waals surface area contributed by atoms with Crippen molar-refractivity contribution in [3.8, 4) is 0 Å². The Hall–Kier alpha value is -1.54. The van der Waals surface area contributed by atoms with Crippen molar-refractivity contribution >= 4 is 30.4 Å². The third-order valence-corrected chi connectivity index (χ3v) is 4.67. The molecular formula is C16H30ClN3O5. The predicted molar refractivity (Wildman–Crippen MR) is 95.8 cm³/mol. The Bertz CT molecular complexity index is 459. The van der Waals surface area contributed by atoms with Gasteiger partial charge in [0.25, 0.3) is 0 Å². The van der Waals surface area contributed by atoms with Crippen LogP contribution in [0.15, 0.2) is 0 Å². The zero-order valence-corrected chi connectivity index (χ0v) is 16.0. The molecule has 0 saturated carbocycles. The molecular weight excluding hydrogens is 350 g/mol. The number of hydrogen-bond donors (Lipinski definition) is 4. The molecule has 1 rings (SSSR count). The first kappa shape index (κ1) is 23.5. The standard InChI is InChI=1S/C16H29N3O5.ClH/c1-5-10(6-2)7-11(17-9(3)20)14-12(19-16(23)24-4)8-13(18-14)15(21)22;/h10-14,18H,5-8H2,1-4H3,(H,17,20)(H,19,23)(H,21,22);1H/t11?,12?,13-,14?;/m0./s1. The molecule has 25 heavy (non-hydrogen) atoms. The lowest BCUT2D eigenvalue weighted by molar-refractivity contribution is -0.139. The van der Waals surface area contributed by atoms with Gasteiger partial charge in [0.05, 0.1) is 13.2 Å². The van der Waals surface area contributed by atoms with Crippen LogP contribution in [-0.4, -0.2) is 54.4 Å². The number of amides is 2. The van der Waals surface area contributed by atoms with E-state index in [2.05, 4.69) is 34.5 Å². The molecule has 2 amide bonds. The molecule has 1 aliphatic rings. The van der Waals surface area contributed by atoms with Gasteiger partial charge in [0, 0.05) is 19.0 Å². The van der Waals surface area contributed by atoms with E-state index < -0.39 is 24.1 Å². The van der Waals surface area contributed by atoms with Crippen LogP contribution in [0.2, 0.25) is 0 Å². The van der Waals surface area contributed by atoms with Gasteiger partial charge in [-0.3, -0.25) is 14.9 Å². The molecule has 3 unspecified atom stereocenters. The molecule has 4 N–H and O–H groups in total. The number of hydrogen-bond acceptors (Lipinski definition) is 5. The molecule has 1 saturated heterocycles. The van der Waals surface area contributed by atoms with Crippen molar-refractivity contribution in [2.24, 2.45) is 5.92 Å². The fraction of sp³-hybridized carbons (Fsp3) is 0.812. The Labute approximate surface area is 154 Å². The van der Waals surface area contributed by atoms with Gasteiger partial charge in [0.15, 0.2) is 0 Å². The lowest BCUT2D eigenvalue weighted by Gasteiger charge is -2.31. The zero-order chi connectivity index (χ0) is 18.3. The molecule has 4 atom stereocenters. The highest BCUT2D eigenvalue weighted by Crippen LogP contribution is 2.23. The Morgan fingerprint density at radius 1 is 1.28 bits per heavy atom. The second-order valence-corrected chi connectivity index (χ2v) is 6.29. The van der Waals surface area contributed by atoms with Crippen LogP contribution in [0, 0.1) is 5.92 Å². The summed E-state index contributed by atoms with van der Waals surface area (Å²) in [7, 11) is 1.26. The van der Waals surface area contributed by atoms with Crippen LogP contribution in [-0.2, 0) is 14.3 Å². The fourth-order valence-corrected chi connectivity index (χ4v) is 3.28. The maximum absolute atomic E-state index is 11.6. The van der Waals surface area contributed by atoms with Crippen LogP contribution in [0.5, 0.6) is 0 Å². The highest BCUT2D eigenvalue weighted by atomic mass is 35.5. The van der Waals surface area contributed by atoms with Gasteiger partial charge in [-0.1, -0.05) is 26.7 Å². The minimum absolute atomic E-state index is 0. The molecule has 0 aromatic rings. The van der Waals surface area contributed by atoms with Gasteiger partial charge in [0.1, 0.15) is 6.04 Å². The van der Waals surface area contributed by atoms with Gasteiger partial charge in [-0.25, -0.2) is 4.79 Å². The molecule has 1 heterocycles. The minimum atomic E-state index is -0.974. The lowest BCUT2D eigenvalue weighted by atomic mass is 9.89. The van der Waals surface area contributed by atoms with E-state index in [1.807, 2.05) is 0 Å². The Morgan fingerprint density at radius 3 is 2.32 bits per heavy atom. The summed E-state index contributed by atoms with van der Waals surface area (Å²) in [4.78, 5) is 34.5. The molecule has 1 fully saturated rings. The largest absolute Gasteiger partial charge is 0.480 e. The number of carboxylic acid groups (broad SMARTS) is 1. The van der Waals surface area contributed by atoms with Crippen LogP contribution in [0.3, 0.4) is 0 Å². The van der Waals surface area contributed by atoms with Crippen molar-refractivity contribution in [1.29, 1.82) is 0 Å². The summed E-state index contributed by atoms with van der Waals surface area (Å²) in [5, 5.41) is 17.9. The first-order valence-corrected chi connectivity index (χ1v) is 8.42. The van der Waals surface area contributed by atoms with Crippen molar-refractivity contribution in [3.05, 3.63) is 0 Å². The first-order valence-electron chi connectivity index (χ1n) is 8.42. The van der Waals surface area contributed by atoms with Gasteiger partial charge in [-0.05, 0) is 18.8 Å². The molecule has 146 valence electrons. The fourth-order valence-electron chi connectivity index (χ4n) is 3.28. The summed E-state index contributed by atoms with van der Waals surface area (Å²) in [6.07, 6.45) is 2.29. The number of aliphatic carboxylic acids is 1. The van der Waals surface area contributed by atoms with Crippen molar-refractivity contribution < 1.29 is 24.2 Å². The molecule has 1 aliphatic heterocycles. The van der Waals surface area contributed by atoms with E-state index >= 15 is 0 Å². The van der Waals surface area contributed by atoms with Crippen LogP contribution >= 0.6 is 12.4 Å². The number of carboxylic acids is 1. The molecule has 9 heteroatoms. The summed E-state index contributed by atoms with van der Waals surface area (Å²) >= 11 is 0. The summed E-state index contributed by atoms with van der Waals surface area (Å²) in [5.41, 5.74) is 0. The molecule has 0 bridgehead atoms. The second kappa shape index (κ2) is 11.1. The van der Waals surface area contributed by atoms with Crippen LogP contribution in [0.1, 0.15) is 46.5 Å². The van der Waals surface area contributed by atoms with E-state index in [1.165, 1.54) is 14.0 Å². The SMILES string of the molecule is CCC(CC)CC(NC(C)=O)C1N[C@H](C(=O)O)CC1NC(=O)OC.Cl. The first-order chi connectivity index (χ1) is 11.3. The average Bonchev–Trinajstić information content (AvgIpc) is 2.94. The quantitative estimate of drug-likeness (QED) is 0.504. The Balaban J connectivity index is 0.00000576. The third kappa shape index (κ3) is 7.07. The van der Waals surface area contributed by atoms with Gasteiger partial charge in [-0.2, -0.15) is 0 Å². The second-order valence-electron chi connectivity index (χ2n) is 6.29. The molecule has 0 aliphatic carbocycles. The number of rotatable bonds is 8. The van der Waals surface area contributed by atoms with Crippen molar-refractivity contribution in [2.75, 3.05) is 7.11 Å². The van der Waals surface area contributed by atoms with E-state index in [0.717, 1.165) is 19.3 Å².